The third-order valence-corrected chi connectivity index (χ3v) is 4.04. The molecule has 0 heterocycles. The number of hydrogen-bond donors (Lipinski definition) is 2. The Morgan fingerprint density at radius 2 is 2.15 bits per heavy atom. The van der Waals surface area contributed by atoms with Crippen LogP contribution in [0.5, 0.6) is 0 Å². The van der Waals surface area contributed by atoms with E-state index in [9.17, 15) is 17.6 Å². The van der Waals surface area contributed by atoms with Crippen molar-refractivity contribution in [3.8, 4) is 6.07 Å². The molecule has 1 amide bonds. The van der Waals surface area contributed by atoms with Crippen molar-refractivity contribution in [1.82, 2.24) is 10.0 Å². The van der Waals surface area contributed by atoms with Crippen LogP contribution in [0.2, 0.25) is 0 Å². The lowest BCUT2D eigenvalue weighted by Gasteiger charge is -2.14. The molecule has 1 rings (SSSR count). The molecule has 108 valence electrons. The van der Waals surface area contributed by atoms with Crippen LogP contribution >= 0.6 is 0 Å². The Bertz CT molecular complexity index is 652. The summed E-state index contributed by atoms with van der Waals surface area (Å²) in [5, 5.41) is 11.3. The van der Waals surface area contributed by atoms with Crippen LogP contribution in [0.15, 0.2) is 23.1 Å². The number of rotatable bonds is 5. The Kier molecular flexibility index (Phi) is 5.19. The number of nitrogens with one attached hydrogen (secondary N) is 2. The van der Waals surface area contributed by atoms with Crippen molar-refractivity contribution in [1.29, 1.82) is 5.26 Å². The third-order valence-electron chi connectivity index (χ3n) is 2.45. The number of nitriles is 1. The summed E-state index contributed by atoms with van der Waals surface area (Å²) < 4.78 is 39.7. The zero-order valence-electron chi connectivity index (χ0n) is 11.0. The van der Waals surface area contributed by atoms with E-state index in [4.69, 9.17) is 5.26 Å². The molecule has 1 aromatic rings. The molecule has 0 aliphatic rings. The van der Waals surface area contributed by atoms with Crippen molar-refractivity contribution < 1.29 is 17.6 Å². The second-order valence-corrected chi connectivity index (χ2v) is 5.64. The molecular weight excluding hydrogens is 285 g/mol. The first-order valence-corrected chi connectivity index (χ1v) is 7.30. The van der Waals surface area contributed by atoms with Gasteiger partial charge < -0.3 is 5.32 Å². The van der Waals surface area contributed by atoms with Gasteiger partial charge in [0, 0.05) is 6.54 Å². The van der Waals surface area contributed by atoms with Crippen molar-refractivity contribution in [2.24, 2.45) is 0 Å². The average Bonchev–Trinajstić information content (AvgIpc) is 2.38. The van der Waals surface area contributed by atoms with Gasteiger partial charge >= 0.3 is 0 Å². The zero-order valence-corrected chi connectivity index (χ0v) is 11.8. The number of amides is 1. The molecule has 8 heteroatoms. The van der Waals surface area contributed by atoms with Crippen molar-refractivity contribution in [3.05, 3.63) is 29.6 Å². The maximum Gasteiger partial charge on any atom is 0.242 e. The number of carbonyl (C=O) groups is 1. The Morgan fingerprint density at radius 1 is 1.50 bits per heavy atom. The van der Waals surface area contributed by atoms with Crippen molar-refractivity contribution in [2.45, 2.75) is 24.8 Å². The summed E-state index contributed by atoms with van der Waals surface area (Å²) in [6.07, 6.45) is 0. The van der Waals surface area contributed by atoms with Gasteiger partial charge in [-0.3, -0.25) is 4.79 Å². The predicted molar refractivity (Wildman–Crippen MR) is 69.6 cm³/mol. The molecule has 0 radical (unpaired) electrons. The standard InChI is InChI=1S/C12H14FN3O3S/c1-3-15-12(17)8(2)16-20(18,19)11-6-4-5-10(13)9(11)7-14/h4-6,8,16H,3H2,1-2H3,(H,15,17). The monoisotopic (exact) mass is 299 g/mol. The molecule has 0 bridgehead atoms. The molecule has 0 fully saturated rings. The largest absolute Gasteiger partial charge is 0.355 e. The lowest BCUT2D eigenvalue weighted by Crippen LogP contribution is -2.44. The molecule has 6 nitrogen and oxygen atoms in total. The van der Waals surface area contributed by atoms with E-state index >= 15 is 0 Å². The number of nitrogens with zero attached hydrogens (tertiary/aromatic N) is 1. The van der Waals surface area contributed by atoms with Crippen LogP contribution in [0.3, 0.4) is 0 Å². The van der Waals surface area contributed by atoms with Crippen LogP contribution in [0, 0.1) is 17.1 Å². The van der Waals surface area contributed by atoms with E-state index in [0.717, 1.165) is 12.1 Å². The number of benzene rings is 1. The smallest absolute Gasteiger partial charge is 0.242 e. The average molecular weight is 299 g/mol. The Morgan fingerprint density at radius 3 is 2.70 bits per heavy atom. The van der Waals surface area contributed by atoms with E-state index in [1.165, 1.54) is 19.1 Å². The van der Waals surface area contributed by atoms with E-state index in [-0.39, 0.29) is 0 Å². The van der Waals surface area contributed by atoms with Gasteiger partial charge in [0.1, 0.15) is 22.3 Å². The number of halogens is 1. The highest BCUT2D eigenvalue weighted by Crippen LogP contribution is 2.18. The Hall–Kier alpha value is -1.98. The highest BCUT2D eigenvalue weighted by Gasteiger charge is 2.25. The molecule has 0 spiro atoms. The van der Waals surface area contributed by atoms with Gasteiger partial charge in [-0.1, -0.05) is 6.07 Å². The normalized spacial score (nSPS) is 12.5. The molecular formula is C12H14FN3O3S. The highest BCUT2D eigenvalue weighted by molar-refractivity contribution is 7.89. The SMILES string of the molecule is CCNC(=O)C(C)NS(=O)(=O)c1cccc(F)c1C#N. The molecule has 0 aliphatic carbocycles. The van der Waals surface area contributed by atoms with Gasteiger partial charge in [-0.2, -0.15) is 9.98 Å². The van der Waals surface area contributed by atoms with Crippen molar-refractivity contribution >= 4 is 15.9 Å². The van der Waals surface area contributed by atoms with Gasteiger partial charge in [-0.15, -0.1) is 0 Å². The first kappa shape index (κ1) is 16.1. The first-order chi connectivity index (χ1) is 9.33. The van der Waals surface area contributed by atoms with Gasteiger partial charge in [-0.25, -0.2) is 12.8 Å². The first-order valence-electron chi connectivity index (χ1n) is 5.82. The van der Waals surface area contributed by atoms with Gasteiger partial charge in [0.2, 0.25) is 15.9 Å². The fourth-order valence-corrected chi connectivity index (χ4v) is 2.88. The number of hydrogen-bond acceptors (Lipinski definition) is 4. The second-order valence-electron chi connectivity index (χ2n) is 3.96. The van der Waals surface area contributed by atoms with Crippen LogP contribution in [0.1, 0.15) is 19.4 Å². The lowest BCUT2D eigenvalue weighted by molar-refractivity contribution is -0.122. The van der Waals surface area contributed by atoms with Gasteiger partial charge in [0.15, 0.2) is 0 Å². The number of carbonyl (C=O) groups excluding carboxylic acids is 1. The summed E-state index contributed by atoms with van der Waals surface area (Å²) in [5.41, 5.74) is -0.580. The second kappa shape index (κ2) is 6.45. The summed E-state index contributed by atoms with van der Waals surface area (Å²) >= 11 is 0. The quantitative estimate of drug-likeness (QED) is 0.827. The van der Waals surface area contributed by atoms with Gasteiger partial charge in [0.25, 0.3) is 0 Å². The van der Waals surface area contributed by atoms with Crippen LogP contribution in [-0.4, -0.2) is 26.9 Å². The minimum Gasteiger partial charge on any atom is -0.355 e. The molecule has 1 atom stereocenters. The van der Waals surface area contributed by atoms with E-state index < -0.39 is 38.2 Å². The number of sulfonamides is 1. The van der Waals surface area contributed by atoms with Gasteiger partial charge in [0.05, 0.1) is 6.04 Å². The molecule has 0 saturated carbocycles. The van der Waals surface area contributed by atoms with Crippen LogP contribution in [-0.2, 0) is 14.8 Å². The lowest BCUT2D eigenvalue weighted by atomic mass is 10.2. The molecule has 0 aliphatic heterocycles. The molecule has 1 aromatic carbocycles. The van der Waals surface area contributed by atoms with E-state index in [1.54, 1.807) is 6.92 Å². The summed E-state index contributed by atoms with van der Waals surface area (Å²) in [6, 6.07) is 3.75. The highest BCUT2D eigenvalue weighted by atomic mass is 32.2. The molecule has 2 N–H and O–H groups in total. The summed E-state index contributed by atoms with van der Waals surface area (Å²) in [5.74, 6) is -1.44. The summed E-state index contributed by atoms with van der Waals surface area (Å²) in [7, 11) is -4.16. The number of likely N-dealkylation sites (N-methyl/N-ethyl adjacent to an activating group) is 1. The predicted octanol–water partition coefficient (Wildman–Crippen LogP) is 0.500. The molecule has 20 heavy (non-hydrogen) atoms. The van der Waals surface area contributed by atoms with Crippen molar-refractivity contribution in [2.75, 3.05) is 6.54 Å². The van der Waals surface area contributed by atoms with E-state index in [2.05, 4.69) is 10.0 Å². The molecule has 1 unspecified atom stereocenters. The maximum absolute atomic E-state index is 13.4. The van der Waals surface area contributed by atoms with Crippen LogP contribution < -0.4 is 10.0 Å². The molecule has 0 saturated heterocycles. The third kappa shape index (κ3) is 3.53. The minimum absolute atomic E-state index is 0.355. The topological polar surface area (TPSA) is 99.1 Å². The Balaban J connectivity index is 3.10. The van der Waals surface area contributed by atoms with Crippen LogP contribution in [0.4, 0.5) is 4.39 Å². The summed E-state index contributed by atoms with van der Waals surface area (Å²) in [4.78, 5) is 11.0. The fraction of sp³-hybridized carbons (Fsp3) is 0.333. The van der Waals surface area contributed by atoms with Gasteiger partial charge in [-0.05, 0) is 26.0 Å². The van der Waals surface area contributed by atoms with E-state index in [1.807, 2.05) is 0 Å². The van der Waals surface area contributed by atoms with Crippen molar-refractivity contribution in [3.63, 3.8) is 0 Å². The maximum atomic E-state index is 13.4. The fourth-order valence-electron chi connectivity index (χ4n) is 1.51. The summed E-state index contributed by atoms with van der Waals surface area (Å²) in [6.45, 7) is 3.40. The van der Waals surface area contributed by atoms with Crippen LogP contribution in [0.25, 0.3) is 0 Å². The molecule has 0 aromatic heterocycles. The zero-order chi connectivity index (χ0) is 15.3. The Labute approximate surface area is 116 Å². The van der Waals surface area contributed by atoms with E-state index in [0.29, 0.717) is 6.54 Å². The minimum atomic E-state index is -4.16.